The molecule has 3 N–H and O–H groups in total. The third kappa shape index (κ3) is 5.31. The molecule has 5 rings (SSSR count). The first-order valence-electron chi connectivity index (χ1n) is 12.6. The molecular weight excluding hydrogens is 532 g/mol. The van der Waals surface area contributed by atoms with Crippen molar-refractivity contribution < 1.29 is 14.4 Å². The zero-order valence-electron chi connectivity index (χ0n) is 20.7. The summed E-state index contributed by atoms with van der Waals surface area (Å²) in [7, 11) is 0. The van der Waals surface area contributed by atoms with Crippen LogP contribution in [-0.2, 0) is 4.79 Å². The molecule has 0 spiro atoms. The minimum absolute atomic E-state index is 0.206. The van der Waals surface area contributed by atoms with Gasteiger partial charge in [0.1, 0.15) is 5.69 Å². The second-order valence-corrected chi connectivity index (χ2v) is 10.4. The van der Waals surface area contributed by atoms with Crippen LogP contribution in [0.3, 0.4) is 0 Å². The van der Waals surface area contributed by atoms with Crippen molar-refractivity contribution in [2.75, 3.05) is 31.5 Å². The molecule has 1 aromatic heterocycles. The highest BCUT2D eigenvalue weighted by molar-refractivity contribution is 9.10. The summed E-state index contributed by atoms with van der Waals surface area (Å²) in [4.78, 5) is 45.2. The molecule has 2 aliphatic heterocycles. The minimum atomic E-state index is -0.260. The van der Waals surface area contributed by atoms with Gasteiger partial charge in [-0.15, -0.1) is 0 Å². The van der Waals surface area contributed by atoms with Crippen LogP contribution in [0.25, 0.3) is 11.6 Å². The number of fused-ring (bicyclic) bond motifs is 1. The second-order valence-electron chi connectivity index (χ2n) is 9.47. The predicted octanol–water partition coefficient (Wildman–Crippen LogP) is 5.03. The summed E-state index contributed by atoms with van der Waals surface area (Å²) in [6.45, 7) is 5.53. The number of nitrogens with zero attached hydrogens (tertiary/aromatic N) is 1. The van der Waals surface area contributed by atoms with Gasteiger partial charge in [0.2, 0.25) is 0 Å². The van der Waals surface area contributed by atoms with E-state index in [-0.39, 0.29) is 17.6 Å². The summed E-state index contributed by atoms with van der Waals surface area (Å²) < 4.78 is 0.839. The van der Waals surface area contributed by atoms with E-state index in [1.54, 1.807) is 37.3 Å². The zero-order valence-corrected chi connectivity index (χ0v) is 22.3. The van der Waals surface area contributed by atoms with Gasteiger partial charge in [-0.05, 0) is 75.7 Å². The van der Waals surface area contributed by atoms with E-state index < -0.39 is 0 Å². The molecule has 0 aliphatic carbocycles. The standard InChI is InChI=1S/C29H29BrN4O3/c1-18-25(27(35)19-8-3-2-4-9-19)24(17-22-21-16-20(30)10-11-23(21)33-28(22)36)32-26(18)29(37)31-12-7-15-34-13-5-6-14-34/h2-4,8-11,16-17,32H,5-7,12-15H2,1H3,(H,31,37)(H,33,36)/b22-17-. The number of aromatic nitrogens is 1. The lowest BCUT2D eigenvalue weighted by molar-refractivity contribution is -0.110. The molecule has 3 heterocycles. The highest BCUT2D eigenvalue weighted by Crippen LogP contribution is 2.36. The Balaban J connectivity index is 1.47. The summed E-state index contributed by atoms with van der Waals surface area (Å²) in [5.74, 6) is -0.724. The van der Waals surface area contributed by atoms with E-state index in [0.717, 1.165) is 36.1 Å². The number of rotatable bonds is 8. The summed E-state index contributed by atoms with van der Waals surface area (Å²) >= 11 is 3.47. The molecule has 2 aliphatic rings. The Labute approximate surface area is 224 Å². The average Bonchev–Trinajstić information content (AvgIpc) is 3.61. The fourth-order valence-electron chi connectivity index (χ4n) is 5.03. The quantitative estimate of drug-likeness (QED) is 0.205. The summed E-state index contributed by atoms with van der Waals surface area (Å²) in [6.07, 6.45) is 5.01. The maximum Gasteiger partial charge on any atom is 0.268 e. The van der Waals surface area contributed by atoms with Crippen LogP contribution in [0.5, 0.6) is 0 Å². The number of hydrogen-bond acceptors (Lipinski definition) is 4. The van der Waals surface area contributed by atoms with Gasteiger partial charge in [0.15, 0.2) is 5.78 Å². The zero-order chi connectivity index (χ0) is 25.9. The number of amides is 2. The lowest BCUT2D eigenvalue weighted by Crippen LogP contribution is -2.29. The van der Waals surface area contributed by atoms with Gasteiger partial charge in [-0.3, -0.25) is 14.4 Å². The summed E-state index contributed by atoms with van der Waals surface area (Å²) in [5, 5.41) is 5.86. The average molecular weight is 561 g/mol. The van der Waals surface area contributed by atoms with E-state index in [0.29, 0.717) is 45.9 Å². The molecule has 1 fully saturated rings. The van der Waals surface area contributed by atoms with E-state index in [1.165, 1.54) is 12.8 Å². The maximum absolute atomic E-state index is 13.6. The van der Waals surface area contributed by atoms with Crippen LogP contribution < -0.4 is 10.6 Å². The smallest absolute Gasteiger partial charge is 0.268 e. The van der Waals surface area contributed by atoms with E-state index in [4.69, 9.17) is 0 Å². The van der Waals surface area contributed by atoms with Gasteiger partial charge in [0.25, 0.3) is 11.8 Å². The van der Waals surface area contributed by atoms with Crippen LogP contribution in [0.1, 0.15) is 62.5 Å². The minimum Gasteiger partial charge on any atom is -0.351 e. The van der Waals surface area contributed by atoms with Crippen LogP contribution in [0.4, 0.5) is 5.69 Å². The van der Waals surface area contributed by atoms with Crippen molar-refractivity contribution in [2.24, 2.45) is 0 Å². The van der Waals surface area contributed by atoms with Crippen molar-refractivity contribution in [3.63, 3.8) is 0 Å². The molecule has 3 aromatic rings. The molecule has 190 valence electrons. The Morgan fingerprint density at radius 2 is 1.86 bits per heavy atom. The summed E-state index contributed by atoms with van der Waals surface area (Å²) in [6, 6.07) is 14.5. The SMILES string of the molecule is Cc1c(C(=O)NCCCN2CCCC2)[nH]c(/C=C2\C(=O)Nc3ccc(Br)cc32)c1C(=O)c1ccccc1. The van der Waals surface area contributed by atoms with Crippen LogP contribution in [-0.4, -0.2) is 53.7 Å². The Bertz CT molecular complexity index is 1390. The van der Waals surface area contributed by atoms with Crippen LogP contribution in [0.2, 0.25) is 0 Å². The summed E-state index contributed by atoms with van der Waals surface area (Å²) in [5.41, 5.74) is 4.10. The number of likely N-dealkylation sites (tertiary alicyclic amines) is 1. The number of benzene rings is 2. The van der Waals surface area contributed by atoms with Gasteiger partial charge in [-0.25, -0.2) is 0 Å². The Kier molecular flexibility index (Phi) is 7.39. The van der Waals surface area contributed by atoms with Crippen LogP contribution >= 0.6 is 15.9 Å². The fourth-order valence-corrected chi connectivity index (χ4v) is 5.39. The molecule has 0 radical (unpaired) electrons. The lowest BCUT2D eigenvalue weighted by atomic mass is 9.97. The van der Waals surface area contributed by atoms with Crippen LogP contribution in [0, 0.1) is 6.92 Å². The van der Waals surface area contributed by atoms with E-state index in [2.05, 4.69) is 36.4 Å². The van der Waals surface area contributed by atoms with Crippen molar-refractivity contribution in [3.8, 4) is 0 Å². The number of carbonyl (C=O) groups is 3. The molecule has 0 atom stereocenters. The molecule has 0 bridgehead atoms. The maximum atomic E-state index is 13.6. The molecule has 0 saturated carbocycles. The number of ketones is 1. The first-order chi connectivity index (χ1) is 17.9. The Morgan fingerprint density at radius 3 is 2.62 bits per heavy atom. The van der Waals surface area contributed by atoms with Crippen molar-refractivity contribution in [3.05, 3.63) is 86.6 Å². The van der Waals surface area contributed by atoms with Gasteiger partial charge in [0, 0.05) is 27.8 Å². The van der Waals surface area contributed by atoms with Crippen LogP contribution in [0.15, 0.2) is 53.0 Å². The highest BCUT2D eigenvalue weighted by atomic mass is 79.9. The first kappa shape index (κ1) is 25.2. The van der Waals surface area contributed by atoms with Gasteiger partial charge < -0.3 is 20.5 Å². The third-order valence-corrected chi connectivity index (χ3v) is 7.45. The molecule has 8 heteroatoms. The van der Waals surface area contributed by atoms with E-state index in [1.807, 2.05) is 24.3 Å². The fraction of sp³-hybridized carbons (Fsp3) is 0.276. The van der Waals surface area contributed by atoms with Crippen molar-refractivity contribution in [1.82, 2.24) is 15.2 Å². The number of H-pyrrole nitrogens is 1. The molecule has 2 aromatic carbocycles. The number of carbonyl (C=O) groups excluding carboxylic acids is 3. The number of hydrogen-bond donors (Lipinski definition) is 3. The molecule has 2 amide bonds. The number of anilines is 1. The normalized spacial score (nSPS) is 16.2. The lowest BCUT2D eigenvalue weighted by Gasteiger charge is -2.14. The largest absolute Gasteiger partial charge is 0.351 e. The van der Waals surface area contributed by atoms with Crippen molar-refractivity contribution in [2.45, 2.75) is 26.2 Å². The number of halogens is 1. The topological polar surface area (TPSA) is 94.3 Å². The van der Waals surface area contributed by atoms with Gasteiger partial charge >= 0.3 is 0 Å². The number of aromatic amines is 1. The number of nitrogens with one attached hydrogen (secondary N) is 3. The van der Waals surface area contributed by atoms with E-state index >= 15 is 0 Å². The molecular formula is C29H29BrN4O3. The predicted molar refractivity (Wildman–Crippen MR) is 149 cm³/mol. The van der Waals surface area contributed by atoms with E-state index in [9.17, 15) is 14.4 Å². The molecule has 1 saturated heterocycles. The Hall–Kier alpha value is -3.49. The van der Waals surface area contributed by atoms with Crippen molar-refractivity contribution >= 4 is 50.9 Å². The van der Waals surface area contributed by atoms with Crippen molar-refractivity contribution in [1.29, 1.82) is 0 Å². The third-order valence-electron chi connectivity index (χ3n) is 6.96. The molecule has 37 heavy (non-hydrogen) atoms. The second kappa shape index (κ2) is 10.9. The molecule has 0 unspecified atom stereocenters. The first-order valence-corrected chi connectivity index (χ1v) is 13.4. The van der Waals surface area contributed by atoms with Gasteiger partial charge in [-0.1, -0.05) is 46.3 Å². The Morgan fingerprint density at radius 1 is 1.11 bits per heavy atom. The highest BCUT2D eigenvalue weighted by Gasteiger charge is 2.28. The van der Waals surface area contributed by atoms with Gasteiger partial charge in [-0.2, -0.15) is 0 Å². The van der Waals surface area contributed by atoms with Gasteiger partial charge in [0.05, 0.1) is 16.8 Å². The monoisotopic (exact) mass is 560 g/mol. The molecule has 7 nitrogen and oxygen atoms in total.